The van der Waals surface area contributed by atoms with Crippen molar-refractivity contribution in [2.24, 2.45) is 10.9 Å². The largest absolute Gasteiger partial charge is 0.409 e. The Morgan fingerprint density at radius 1 is 1.47 bits per heavy atom. The zero-order valence-corrected chi connectivity index (χ0v) is 10.1. The summed E-state index contributed by atoms with van der Waals surface area (Å²) < 4.78 is 0. The van der Waals surface area contributed by atoms with Crippen molar-refractivity contribution in [2.75, 3.05) is 18.6 Å². The van der Waals surface area contributed by atoms with Gasteiger partial charge in [0.15, 0.2) is 17.3 Å². The fourth-order valence-corrected chi connectivity index (χ4v) is 1.20. The molecular weight excluding hydrogens is 222 g/mol. The Morgan fingerprint density at radius 2 is 2.06 bits per heavy atom. The second-order valence-electron chi connectivity index (χ2n) is 4.24. The zero-order chi connectivity index (χ0) is 13.1. The summed E-state index contributed by atoms with van der Waals surface area (Å²) in [6.45, 7) is 3.63. The molecule has 0 bridgehead atoms. The molecule has 17 heavy (non-hydrogen) atoms. The molecule has 1 aromatic rings. The van der Waals surface area contributed by atoms with E-state index in [0.29, 0.717) is 5.82 Å². The van der Waals surface area contributed by atoms with Crippen molar-refractivity contribution in [1.82, 2.24) is 9.97 Å². The monoisotopic (exact) mass is 239 g/mol. The van der Waals surface area contributed by atoms with Crippen LogP contribution in [0.5, 0.6) is 0 Å². The third-order valence-electron chi connectivity index (χ3n) is 2.64. The molecule has 4 N–H and O–H groups in total. The summed E-state index contributed by atoms with van der Waals surface area (Å²) in [6.07, 6.45) is 2.96. The van der Waals surface area contributed by atoms with Crippen molar-refractivity contribution in [2.45, 2.75) is 19.4 Å². The van der Waals surface area contributed by atoms with E-state index in [1.165, 1.54) is 12.4 Å². The maximum absolute atomic E-state index is 9.31. The highest BCUT2D eigenvalue weighted by molar-refractivity contribution is 5.99. The fraction of sp³-hybridized carbons (Fsp3) is 0.500. The average Bonchev–Trinajstić information content (AvgIpc) is 2.36. The molecule has 94 valence electrons. The molecule has 0 aliphatic carbocycles. The first-order chi connectivity index (χ1) is 7.94. The normalized spacial score (nSPS) is 12.6. The number of aliphatic hydroxyl groups is 1. The lowest BCUT2D eigenvalue weighted by Gasteiger charge is -2.35. The number of hydrogen-bond acceptors (Lipinski definition) is 6. The van der Waals surface area contributed by atoms with E-state index in [4.69, 9.17) is 10.9 Å². The highest BCUT2D eigenvalue weighted by atomic mass is 16.4. The first-order valence-electron chi connectivity index (χ1n) is 5.07. The second kappa shape index (κ2) is 4.96. The molecule has 0 saturated carbocycles. The van der Waals surface area contributed by atoms with Gasteiger partial charge in [-0.25, -0.2) is 9.97 Å². The van der Waals surface area contributed by atoms with Crippen LogP contribution >= 0.6 is 0 Å². The SMILES string of the molecule is CN(c1nccnc1C(N)=NO)C(C)(C)CO. The lowest BCUT2D eigenvalue weighted by molar-refractivity contribution is 0.215. The number of likely N-dealkylation sites (N-methyl/N-ethyl adjacent to an activating group) is 1. The van der Waals surface area contributed by atoms with Gasteiger partial charge in [0.1, 0.15) is 0 Å². The van der Waals surface area contributed by atoms with Crippen molar-refractivity contribution in [3.05, 3.63) is 18.1 Å². The number of oxime groups is 1. The number of amidine groups is 1. The number of nitrogens with two attached hydrogens (primary N) is 1. The first-order valence-corrected chi connectivity index (χ1v) is 5.07. The summed E-state index contributed by atoms with van der Waals surface area (Å²) in [5.74, 6) is 0.329. The van der Waals surface area contributed by atoms with Crippen LogP contribution in [0, 0.1) is 0 Å². The summed E-state index contributed by atoms with van der Waals surface area (Å²) in [4.78, 5) is 9.89. The van der Waals surface area contributed by atoms with Crippen LogP contribution in [-0.2, 0) is 0 Å². The van der Waals surface area contributed by atoms with Gasteiger partial charge in [-0.3, -0.25) is 0 Å². The zero-order valence-electron chi connectivity index (χ0n) is 10.1. The second-order valence-corrected chi connectivity index (χ2v) is 4.24. The van der Waals surface area contributed by atoms with Crippen molar-refractivity contribution >= 4 is 11.7 Å². The minimum absolute atomic E-state index is 0.0598. The van der Waals surface area contributed by atoms with Gasteiger partial charge >= 0.3 is 0 Å². The van der Waals surface area contributed by atoms with Crippen LogP contribution in [0.15, 0.2) is 17.5 Å². The number of nitrogens with zero attached hydrogens (tertiary/aromatic N) is 4. The Labute approximate surface area is 99.6 Å². The van der Waals surface area contributed by atoms with Gasteiger partial charge in [-0.2, -0.15) is 0 Å². The summed E-state index contributed by atoms with van der Waals surface area (Å²) in [5, 5.41) is 20.9. The van der Waals surface area contributed by atoms with Gasteiger partial charge in [0.2, 0.25) is 0 Å². The predicted molar refractivity (Wildman–Crippen MR) is 64.1 cm³/mol. The number of rotatable bonds is 4. The summed E-state index contributed by atoms with van der Waals surface area (Å²) in [6, 6.07) is 0. The molecule has 0 spiro atoms. The number of anilines is 1. The van der Waals surface area contributed by atoms with E-state index in [0.717, 1.165) is 0 Å². The molecule has 0 aliphatic heterocycles. The predicted octanol–water partition coefficient (Wildman–Crippen LogP) is -0.222. The summed E-state index contributed by atoms with van der Waals surface area (Å²) in [5.41, 5.74) is 5.28. The van der Waals surface area contributed by atoms with E-state index in [1.807, 2.05) is 13.8 Å². The van der Waals surface area contributed by atoms with E-state index in [1.54, 1.807) is 11.9 Å². The van der Waals surface area contributed by atoms with E-state index in [-0.39, 0.29) is 18.1 Å². The smallest absolute Gasteiger partial charge is 0.192 e. The minimum Gasteiger partial charge on any atom is -0.409 e. The van der Waals surface area contributed by atoms with Crippen LogP contribution in [-0.4, -0.2) is 45.3 Å². The molecule has 7 heteroatoms. The quantitative estimate of drug-likeness (QED) is 0.290. The minimum atomic E-state index is -0.527. The lowest BCUT2D eigenvalue weighted by atomic mass is 10.1. The van der Waals surface area contributed by atoms with E-state index in [2.05, 4.69) is 15.1 Å². The molecule has 0 amide bonds. The number of aromatic nitrogens is 2. The average molecular weight is 239 g/mol. The Bertz CT molecular complexity index is 419. The van der Waals surface area contributed by atoms with Crippen molar-refractivity contribution < 1.29 is 10.3 Å². The van der Waals surface area contributed by atoms with Crippen LogP contribution in [0.3, 0.4) is 0 Å². The molecular formula is C10H17N5O2. The molecule has 0 radical (unpaired) electrons. The van der Waals surface area contributed by atoms with Gasteiger partial charge in [0, 0.05) is 19.4 Å². The third kappa shape index (κ3) is 2.62. The maximum Gasteiger partial charge on any atom is 0.192 e. The molecule has 1 heterocycles. The Kier molecular flexibility index (Phi) is 3.84. The van der Waals surface area contributed by atoms with Gasteiger partial charge < -0.3 is 20.9 Å². The van der Waals surface area contributed by atoms with E-state index < -0.39 is 5.54 Å². The molecule has 0 unspecified atom stereocenters. The molecule has 1 rings (SSSR count). The molecule has 0 aromatic carbocycles. The Balaban J connectivity index is 3.23. The molecule has 1 aromatic heterocycles. The Hall–Kier alpha value is -1.89. The fourth-order valence-electron chi connectivity index (χ4n) is 1.20. The highest BCUT2D eigenvalue weighted by Gasteiger charge is 2.26. The van der Waals surface area contributed by atoms with Crippen LogP contribution < -0.4 is 10.6 Å². The van der Waals surface area contributed by atoms with Crippen LogP contribution in [0.4, 0.5) is 5.82 Å². The van der Waals surface area contributed by atoms with Crippen molar-refractivity contribution in [3.63, 3.8) is 0 Å². The lowest BCUT2D eigenvalue weighted by Crippen LogP contribution is -2.45. The van der Waals surface area contributed by atoms with Crippen LogP contribution in [0.2, 0.25) is 0 Å². The molecule has 7 nitrogen and oxygen atoms in total. The highest BCUT2D eigenvalue weighted by Crippen LogP contribution is 2.21. The Morgan fingerprint density at radius 3 is 2.59 bits per heavy atom. The molecule has 0 aliphatic rings. The molecule has 0 atom stereocenters. The maximum atomic E-state index is 9.31. The van der Waals surface area contributed by atoms with Crippen LogP contribution in [0.1, 0.15) is 19.5 Å². The number of hydrogen-bond donors (Lipinski definition) is 3. The first kappa shape index (κ1) is 13.2. The third-order valence-corrected chi connectivity index (χ3v) is 2.64. The van der Waals surface area contributed by atoms with Crippen LogP contribution in [0.25, 0.3) is 0 Å². The number of aliphatic hydroxyl groups excluding tert-OH is 1. The summed E-state index contributed by atoms with van der Waals surface area (Å²) >= 11 is 0. The van der Waals surface area contributed by atoms with Gasteiger partial charge in [0.05, 0.1) is 12.1 Å². The topological polar surface area (TPSA) is 108 Å². The van der Waals surface area contributed by atoms with Crippen molar-refractivity contribution in [1.29, 1.82) is 0 Å². The molecule has 0 fully saturated rings. The molecule has 0 saturated heterocycles. The van der Waals surface area contributed by atoms with Crippen molar-refractivity contribution in [3.8, 4) is 0 Å². The van der Waals surface area contributed by atoms with E-state index in [9.17, 15) is 5.11 Å². The van der Waals surface area contributed by atoms with Gasteiger partial charge in [-0.1, -0.05) is 5.16 Å². The standard InChI is InChI=1S/C10H17N5O2/c1-10(2,6-16)15(3)9-7(8(11)14-17)12-4-5-13-9/h4-5,16-17H,6H2,1-3H3,(H2,11,14). The van der Waals surface area contributed by atoms with Gasteiger partial charge in [0.25, 0.3) is 0 Å². The van der Waals surface area contributed by atoms with E-state index >= 15 is 0 Å². The summed E-state index contributed by atoms with van der Waals surface area (Å²) in [7, 11) is 1.76. The van der Waals surface area contributed by atoms with Gasteiger partial charge in [-0.05, 0) is 13.8 Å². The van der Waals surface area contributed by atoms with Gasteiger partial charge in [-0.15, -0.1) is 0 Å².